The molecule has 1 aromatic heterocycles. The summed E-state index contributed by atoms with van der Waals surface area (Å²) in [7, 11) is 0. The topological polar surface area (TPSA) is 54.0 Å². The molecule has 2 bridgehead atoms. The Labute approximate surface area is 119 Å². The van der Waals surface area contributed by atoms with Crippen molar-refractivity contribution >= 4 is 11.7 Å². The fourth-order valence-corrected chi connectivity index (χ4v) is 4.57. The molecule has 0 spiro atoms. The Morgan fingerprint density at radius 1 is 1.30 bits per heavy atom. The highest BCUT2D eigenvalue weighted by Crippen LogP contribution is 2.65. The number of carbonyl (C=O) groups excluding carboxylic acids is 1. The highest BCUT2D eigenvalue weighted by atomic mass is 16.1. The van der Waals surface area contributed by atoms with E-state index >= 15 is 0 Å². The van der Waals surface area contributed by atoms with Crippen molar-refractivity contribution in [1.82, 2.24) is 10.3 Å². The maximum absolute atomic E-state index is 12.3. The fraction of sp³-hybridized carbons (Fsp3) is 0.625. The van der Waals surface area contributed by atoms with Crippen LogP contribution in [0.3, 0.4) is 0 Å². The summed E-state index contributed by atoms with van der Waals surface area (Å²) in [4.78, 5) is 16.5. The second-order valence-corrected chi connectivity index (χ2v) is 6.45. The molecule has 1 heterocycles. The van der Waals surface area contributed by atoms with Crippen LogP contribution in [-0.4, -0.2) is 23.5 Å². The van der Waals surface area contributed by atoms with Gasteiger partial charge in [-0.3, -0.25) is 4.79 Å². The van der Waals surface area contributed by atoms with Crippen LogP contribution in [0.1, 0.15) is 36.5 Å². The Morgan fingerprint density at radius 2 is 2.05 bits per heavy atom. The number of fused-ring (bicyclic) bond motifs is 5. The standard InChI is InChI=1S/C16H21N3O/c1-2-17-12-6-5-11(8-18-12)16(20)19-15-13-9-3-4-10(7-9)14(13)15/h5-6,8-10,13-15H,2-4,7H2,1H3,(H,17,18)(H,19,20). The number of amides is 1. The molecule has 106 valence electrons. The average Bonchev–Trinajstić information content (AvgIpc) is 2.85. The van der Waals surface area contributed by atoms with E-state index in [4.69, 9.17) is 0 Å². The lowest BCUT2D eigenvalue weighted by molar-refractivity contribution is 0.0944. The first-order valence-electron chi connectivity index (χ1n) is 7.78. The molecular formula is C16H21N3O. The van der Waals surface area contributed by atoms with Crippen molar-refractivity contribution in [3.05, 3.63) is 23.9 Å². The van der Waals surface area contributed by atoms with Gasteiger partial charge in [0.05, 0.1) is 5.56 Å². The number of aromatic nitrogens is 1. The van der Waals surface area contributed by atoms with Crippen LogP contribution in [-0.2, 0) is 0 Å². The van der Waals surface area contributed by atoms with Crippen molar-refractivity contribution in [2.24, 2.45) is 23.7 Å². The monoisotopic (exact) mass is 271 g/mol. The number of pyridine rings is 1. The van der Waals surface area contributed by atoms with Crippen LogP contribution in [0.4, 0.5) is 5.82 Å². The van der Waals surface area contributed by atoms with Gasteiger partial charge in [-0.25, -0.2) is 4.98 Å². The number of anilines is 1. The van der Waals surface area contributed by atoms with Gasteiger partial charge in [-0.15, -0.1) is 0 Å². The molecule has 20 heavy (non-hydrogen) atoms. The summed E-state index contributed by atoms with van der Waals surface area (Å²) < 4.78 is 0. The van der Waals surface area contributed by atoms with Crippen LogP contribution in [0.5, 0.6) is 0 Å². The van der Waals surface area contributed by atoms with Gasteiger partial charge < -0.3 is 10.6 Å². The lowest BCUT2D eigenvalue weighted by Gasteiger charge is -2.10. The van der Waals surface area contributed by atoms with Gasteiger partial charge in [0.25, 0.3) is 5.91 Å². The summed E-state index contributed by atoms with van der Waals surface area (Å²) >= 11 is 0. The van der Waals surface area contributed by atoms with Crippen LogP contribution in [0.15, 0.2) is 18.3 Å². The lowest BCUT2D eigenvalue weighted by Crippen LogP contribution is -2.30. The lowest BCUT2D eigenvalue weighted by atomic mass is 10.0. The van der Waals surface area contributed by atoms with Crippen LogP contribution in [0.2, 0.25) is 0 Å². The van der Waals surface area contributed by atoms with Crippen LogP contribution in [0.25, 0.3) is 0 Å². The van der Waals surface area contributed by atoms with Crippen LogP contribution >= 0.6 is 0 Å². The Balaban J connectivity index is 1.39. The van der Waals surface area contributed by atoms with Gasteiger partial charge in [0, 0.05) is 18.8 Å². The number of carbonyl (C=O) groups is 1. The number of nitrogens with one attached hydrogen (secondary N) is 2. The Hall–Kier alpha value is -1.58. The molecule has 3 aliphatic carbocycles. The zero-order valence-corrected chi connectivity index (χ0v) is 11.8. The first-order valence-corrected chi connectivity index (χ1v) is 7.78. The first kappa shape index (κ1) is 12.2. The van der Waals surface area contributed by atoms with E-state index in [-0.39, 0.29) is 5.91 Å². The van der Waals surface area contributed by atoms with E-state index in [0.717, 1.165) is 36.0 Å². The van der Waals surface area contributed by atoms with Gasteiger partial charge in [-0.2, -0.15) is 0 Å². The molecule has 3 aliphatic rings. The smallest absolute Gasteiger partial charge is 0.253 e. The number of hydrogen-bond donors (Lipinski definition) is 2. The summed E-state index contributed by atoms with van der Waals surface area (Å²) in [5.74, 6) is 4.22. The van der Waals surface area contributed by atoms with Gasteiger partial charge in [-0.05, 0) is 62.0 Å². The maximum Gasteiger partial charge on any atom is 0.253 e. The van der Waals surface area contributed by atoms with Gasteiger partial charge in [-0.1, -0.05) is 0 Å². The van der Waals surface area contributed by atoms with Crippen molar-refractivity contribution < 1.29 is 4.79 Å². The van der Waals surface area contributed by atoms with Crippen LogP contribution < -0.4 is 10.6 Å². The minimum Gasteiger partial charge on any atom is -0.370 e. The molecule has 3 saturated carbocycles. The molecule has 3 fully saturated rings. The SMILES string of the molecule is CCNc1ccc(C(=O)NC2C3C4CCC(C4)C23)cn1. The molecule has 4 unspecified atom stereocenters. The summed E-state index contributed by atoms with van der Waals surface area (Å²) in [5.41, 5.74) is 0.670. The highest BCUT2D eigenvalue weighted by Gasteiger charge is 2.65. The average molecular weight is 271 g/mol. The molecule has 4 rings (SSSR count). The third-order valence-corrected chi connectivity index (χ3v) is 5.42. The minimum atomic E-state index is 0.0411. The first-order chi connectivity index (χ1) is 9.78. The molecule has 0 aliphatic heterocycles. The molecule has 1 aromatic rings. The Bertz CT molecular complexity index is 511. The molecule has 4 heteroatoms. The Kier molecular flexibility index (Phi) is 2.72. The fourth-order valence-electron chi connectivity index (χ4n) is 4.57. The van der Waals surface area contributed by atoms with Crippen molar-refractivity contribution in [2.75, 3.05) is 11.9 Å². The van der Waals surface area contributed by atoms with E-state index < -0.39 is 0 Å². The normalized spacial score (nSPS) is 36.5. The largest absolute Gasteiger partial charge is 0.370 e. The van der Waals surface area contributed by atoms with E-state index in [0.29, 0.717) is 11.6 Å². The van der Waals surface area contributed by atoms with Gasteiger partial charge in [0.1, 0.15) is 5.82 Å². The molecular weight excluding hydrogens is 250 g/mol. The van der Waals surface area contributed by atoms with E-state index in [9.17, 15) is 4.79 Å². The maximum atomic E-state index is 12.3. The van der Waals surface area contributed by atoms with Crippen molar-refractivity contribution in [1.29, 1.82) is 0 Å². The predicted molar refractivity (Wildman–Crippen MR) is 77.5 cm³/mol. The van der Waals surface area contributed by atoms with Crippen molar-refractivity contribution in [2.45, 2.75) is 32.2 Å². The minimum absolute atomic E-state index is 0.0411. The number of nitrogens with zero attached hydrogens (tertiary/aromatic N) is 1. The summed E-state index contributed by atoms with van der Waals surface area (Å²) in [5, 5.41) is 6.36. The van der Waals surface area contributed by atoms with E-state index in [1.54, 1.807) is 6.20 Å². The van der Waals surface area contributed by atoms with Gasteiger partial charge >= 0.3 is 0 Å². The highest BCUT2D eigenvalue weighted by molar-refractivity contribution is 5.94. The second kappa shape index (κ2) is 4.47. The second-order valence-electron chi connectivity index (χ2n) is 6.45. The zero-order valence-electron chi connectivity index (χ0n) is 11.8. The van der Waals surface area contributed by atoms with Crippen molar-refractivity contribution in [3.8, 4) is 0 Å². The zero-order chi connectivity index (χ0) is 13.7. The molecule has 1 amide bonds. The van der Waals surface area contributed by atoms with Crippen molar-refractivity contribution in [3.63, 3.8) is 0 Å². The molecule has 0 saturated heterocycles. The summed E-state index contributed by atoms with van der Waals surface area (Å²) in [6.45, 7) is 2.87. The quantitative estimate of drug-likeness (QED) is 0.883. The molecule has 4 nitrogen and oxygen atoms in total. The third-order valence-electron chi connectivity index (χ3n) is 5.42. The molecule has 4 atom stereocenters. The van der Waals surface area contributed by atoms with Gasteiger partial charge in [0.2, 0.25) is 0 Å². The van der Waals surface area contributed by atoms with E-state index in [1.165, 1.54) is 19.3 Å². The third kappa shape index (κ3) is 1.81. The molecule has 0 aromatic carbocycles. The van der Waals surface area contributed by atoms with E-state index in [2.05, 4.69) is 15.6 Å². The van der Waals surface area contributed by atoms with Crippen LogP contribution in [0, 0.1) is 23.7 Å². The number of hydrogen-bond acceptors (Lipinski definition) is 3. The Morgan fingerprint density at radius 3 is 2.65 bits per heavy atom. The summed E-state index contributed by atoms with van der Waals surface area (Å²) in [6.07, 6.45) is 5.86. The summed E-state index contributed by atoms with van der Waals surface area (Å²) in [6, 6.07) is 4.17. The molecule has 2 N–H and O–H groups in total. The predicted octanol–water partition coefficient (Wildman–Crippen LogP) is 2.29. The van der Waals surface area contributed by atoms with Gasteiger partial charge in [0.15, 0.2) is 0 Å². The molecule has 0 radical (unpaired) electrons. The van der Waals surface area contributed by atoms with E-state index in [1.807, 2.05) is 19.1 Å². The number of rotatable bonds is 4.